The van der Waals surface area contributed by atoms with E-state index in [4.69, 9.17) is 11.6 Å². The molecule has 2 aliphatic rings. The van der Waals surface area contributed by atoms with Gasteiger partial charge in [-0.1, -0.05) is 17.7 Å². The van der Waals surface area contributed by atoms with Crippen molar-refractivity contribution in [3.63, 3.8) is 0 Å². The van der Waals surface area contributed by atoms with Crippen molar-refractivity contribution in [3.05, 3.63) is 46.7 Å². The molecular weight excluding hydrogens is 358 g/mol. The molecule has 0 aliphatic carbocycles. The number of anilines is 1. The fraction of sp³-hybridized carbons (Fsp3) is 0.571. The van der Waals surface area contributed by atoms with Crippen molar-refractivity contribution in [2.45, 2.75) is 32.4 Å². The molecule has 2 saturated heterocycles. The van der Waals surface area contributed by atoms with E-state index in [-0.39, 0.29) is 0 Å². The number of hydrogen-bond acceptors (Lipinski definition) is 4. The van der Waals surface area contributed by atoms with E-state index in [1.165, 1.54) is 42.9 Å². The van der Waals surface area contributed by atoms with Crippen LogP contribution in [0.3, 0.4) is 0 Å². The minimum Gasteiger partial charge on any atom is -0.369 e. The Hall–Kier alpha value is -1.56. The van der Waals surface area contributed by atoms with Crippen LogP contribution in [0.15, 0.2) is 30.5 Å². The summed E-state index contributed by atoms with van der Waals surface area (Å²) in [5.41, 5.74) is 3.90. The number of aryl methyl sites for hydroxylation is 1. The molecule has 1 atom stereocenters. The SMILES string of the molecule is Cc1c(CN2CCCC(N3CCN(c4cccc(Cl)c4)CC3)C2)cnn1C. The van der Waals surface area contributed by atoms with Gasteiger partial charge in [0.25, 0.3) is 0 Å². The minimum atomic E-state index is 0.678. The zero-order chi connectivity index (χ0) is 18.8. The zero-order valence-electron chi connectivity index (χ0n) is 16.4. The van der Waals surface area contributed by atoms with Crippen LogP contribution in [0.5, 0.6) is 0 Å². The molecule has 6 heteroatoms. The van der Waals surface area contributed by atoms with Crippen molar-refractivity contribution in [1.82, 2.24) is 19.6 Å². The van der Waals surface area contributed by atoms with Crippen LogP contribution in [-0.4, -0.2) is 64.9 Å². The molecule has 0 bridgehead atoms. The second kappa shape index (κ2) is 8.21. The van der Waals surface area contributed by atoms with Crippen molar-refractivity contribution < 1.29 is 0 Å². The highest BCUT2D eigenvalue weighted by molar-refractivity contribution is 6.30. The Balaban J connectivity index is 1.32. The van der Waals surface area contributed by atoms with Crippen molar-refractivity contribution >= 4 is 17.3 Å². The fourth-order valence-corrected chi connectivity index (χ4v) is 4.62. The Morgan fingerprint density at radius 3 is 2.67 bits per heavy atom. The second-order valence-corrected chi connectivity index (χ2v) is 8.35. The average molecular weight is 388 g/mol. The molecule has 0 saturated carbocycles. The maximum Gasteiger partial charge on any atom is 0.0537 e. The zero-order valence-corrected chi connectivity index (χ0v) is 17.2. The van der Waals surface area contributed by atoms with Crippen LogP contribution in [0.1, 0.15) is 24.1 Å². The minimum absolute atomic E-state index is 0.678. The van der Waals surface area contributed by atoms with Gasteiger partial charge in [-0.05, 0) is 44.5 Å². The molecule has 5 nitrogen and oxygen atoms in total. The highest BCUT2D eigenvalue weighted by atomic mass is 35.5. The maximum absolute atomic E-state index is 6.16. The quantitative estimate of drug-likeness (QED) is 0.805. The number of likely N-dealkylation sites (tertiary alicyclic amines) is 1. The van der Waals surface area contributed by atoms with Gasteiger partial charge in [0.15, 0.2) is 0 Å². The van der Waals surface area contributed by atoms with E-state index in [0.29, 0.717) is 6.04 Å². The van der Waals surface area contributed by atoms with Crippen molar-refractivity contribution in [2.75, 3.05) is 44.2 Å². The molecule has 1 aromatic carbocycles. The summed E-state index contributed by atoms with van der Waals surface area (Å²) in [6, 6.07) is 8.92. The van der Waals surface area contributed by atoms with E-state index in [0.717, 1.165) is 37.7 Å². The first-order valence-corrected chi connectivity index (χ1v) is 10.4. The highest BCUT2D eigenvalue weighted by Crippen LogP contribution is 2.24. The van der Waals surface area contributed by atoms with Gasteiger partial charge in [-0.25, -0.2) is 0 Å². The maximum atomic E-state index is 6.16. The molecule has 0 amide bonds. The molecule has 4 rings (SSSR count). The van der Waals surface area contributed by atoms with E-state index < -0.39 is 0 Å². The lowest BCUT2D eigenvalue weighted by Crippen LogP contribution is -2.55. The summed E-state index contributed by atoms with van der Waals surface area (Å²) in [7, 11) is 2.03. The topological polar surface area (TPSA) is 27.5 Å². The van der Waals surface area contributed by atoms with Gasteiger partial charge < -0.3 is 4.90 Å². The number of benzene rings is 1. The van der Waals surface area contributed by atoms with Gasteiger partial charge in [-0.3, -0.25) is 14.5 Å². The number of piperidine rings is 1. The van der Waals surface area contributed by atoms with Crippen molar-refractivity contribution in [2.24, 2.45) is 7.05 Å². The molecule has 0 radical (unpaired) electrons. The monoisotopic (exact) mass is 387 g/mol. The van der Waals surface area contributed by atoms with Gasteiger partial charge in [0.1, 0.15) is 0 Å². The number of nitrogens with zero attached hydrogens (tertiary/aromatic N) is 5. The third kappa shape index (κ3) is 4.31. The summed E-state index contributed by atoms with van der Waals surface area (Å²) in [5.74, 6) is 0. The number of rotatable bonds is 4. The van der Waals surface area contributed by atoms with Gasteiger partial charge >= 0.3 is 0 Å². The smallest absolute Gasteiger partial charge is 0.0537 e. The standard InChI is InChI=1S/C21H30ClN5/c1-17-18(14-23-24(17)2)15-25-8-4-7-21(16-25)27-11-9-26(10-12-27)20-6-3-5-19(22)13-20/h3,5-6,13-14,21H,4,7-12,15-16H2,1-2H3. The molecule has 2 aromatic rings. The third-order valence-corrected chi connectivity index (χ3v) is 6.45. The Morgan fingerprint density at radius 2 is 1.96 bits per heavy atom. The molecule has 3 heterocycles. The summed E-state index contributed by atoms with van der Waals surface area (Å²) in [6.07, 6.45) is 4.64. The van der Waals surface area contributed by atoms with Crippen molar-refractivity contribution in [3.8, 4) is 0 Å². The van der Waals surface area contributed by atoms with Crippen LogP contribution in [0.2, 0.25) is 5.02 Å². The van der Waals surface area contributed by atoms with E-state index in [1.807, 2.05) is 30.1 Å². The van der Waals surface area contributed by atoms with Crippen LogP contribution in [0.25, 0.3) is 0 Å². The average Bonchev–Trinajstić information content (AvgIpc) is 3.00. The Morgan fingerprint density at radius 1 is 1.15 bits per heavy atom. The molecule has 0 spiro atoms. The van der Waals surface area contributed by atoms with Gasteiger partial charge in [-0.2, -0.15) is 5.10 Å². The Bertz CT molecular complexity index is 766. The predicted octanol–water partition coefficient (Wildman–Crippen LogP) is 3.17. The third-order valence-electron chi connectivity index (χ3n) is 6.22. The molecule has 27 heavy (non-hydrogen) atoms. The lowest BCUT2D eigenvalue weighted by atomic mass is 10.0. The van der Waals surface area contributed by atoms with Crippen LogP contribution in [-0.2, 0) is 13.6 Å². The second-order valence-electron chi connectivity index (χ2n) is 7.91. The van der Waals surface area contributed by atoms with Crippen LogP contribution in [0, 0.1) is 6.92 Å². The van der Waals surface area contributed by atoms with Crippen LogP contribution < -0.4 is 4.90 Å². The van der Waals surface area contributed by atoms with E-state index in [9.17, 15) is 0 Å². The lowest BCUT2D eigenvalue weighted by molar-refractivity contribution is 0.0886. The summed E-state index contributed by atoms with van der Waals surface area (Å²) >= 11 is 6.16. The summed E-state index contributed by atoms with van der Waals surface area (Å²) in [6.45, 7) is 10.0. The molecule has 146 valence electrons. The van der Waals surface area contributed by atoms with E-state index in [2.05, 4.69) is 38.9 Å². The Labute approximate surface area is 167 Å². The first-order chi connectivity index (χ1) is 13.1. The molecular formula is C21H30ClN5. The van der Waals surface area contributed by atoms with E-state index >= 15 is 0 Å². The van der Waals surface area contributed by atoms with Crippen LogP contribution in [0.4, 0.5) is 5.69 Å². The lowest BCUT2D eigenvalue weighted by Gasteiger charge is -2.44. The number of piperazine rings is 1. The van der Waals surface area contributed by atoms with Gasteiger partial charge in [0.05, 0.1) is 6.20 Å². The molecule has 2 fully saturated rings. The number of hydrogen-bond donors (Lipinski definition) is 0. The van der Waals surface area contributed by atoms with Crippen LogP contribution >= 0.6 is 11.6 Å². The van der Waals surface area contributed by atoms with Crippen molar-refractivity contribution in [1.29, 1.82) is 0 Å². The number of aromatic nitrogens is 2. The number of halogens is 1. The molecule has 2 aliphatic heterocycles. The summed E-state index contributed by atoms with van der Waals surface area (Å²) in [5, 5.41) is 5.22. The predicted molar refractivity (Wildman–Crippen MR) is 111 cm³/mol. The molecule has 1 aromatic heterocycles. The van der Waals surface area contributed by atoms with Gasteiger partial charge in [0.2, 0.25) is 0 Å². The largest absolute Gasteiger partial charge is 0.369 e. The van der Waals surface area contributed by atoms with E-state index in [1.54, 1.807) is 0 Å². The first kappa shape index (κ1) is 18.8. The summed E-state index contributed by atoms with van der Waals surface area (Å²) < 4.78 is 1.98. The highest BCUT2D eigenvalue weighted by Gasteiger charge is 2.28. The Kier molecular flexibility index (Phi) is 5.71. The molecule has 1 unspecified atom stereocenters. The van der Waals surface area contributed by atoms with Gasteiger partial charge in [-0.15, -0.1) is 0 Å². The van der Waals surface area contributed by atoms with Gasteiger partial charge in [0, 0.05) is 74.3 Å². The summed E-state index contributed by atoms with van der Waals surface area (Å²) in [4.78, 5) is 7.77. The normalized spacial score (nSPS) is 22.3. The fourth-order valence-electron chi connectivity index (χ4n) is 4.43. The molecule has 0 N–H and O–H groups in total. The first-order valence-electron chi connectivity index (χ1n) is 10.0.